The Morgan fingerprint density at radius 3 is 2.44 bits per heavy atom. The number of aliphatic carboxylic acids is 1. The molecule has 1 aliphatic heterocycles. The van der Waals surface area contributed by atoms with E-state index in [1.54, 1.807) is 24.1 Å². The third-order valence-electron chi connectivity index (χ3n) is 4.57. The summed E-state index contributed by atoms with van der Waals surface area (Å²) in [6.45, 7) is 0.852. The summed E-state index contributed by atoms with van der Waals surface area (Å²) in [5.41, 5.74) is 1.64. The van der Waals surface area contributed by atoms with Gasteiger partial charge in [0.2, 0.25) is 11.8 Å². The van der Waals surface area contributed by atoms with Gasteiger partial charge in [0.25, 0.3) is 0 Å². The number of amides is 2. The predicted octanol–water partition coefficient (Wildman–Crippen LogP) is 1.57. The van der Waals surface area contributed by atoms with Crippen LogP contribution in [0.4, 0.5) is 0 Å². The molecule has 0 radical (unpaired) electrons. The van der Waals surface area contributed by atoms with Crippen LogP contribution in [0, 0.1) is 17.2 Å². The van der Waals surface area contributed by atoms with E-state index in [9.17, 15) is 14.4 Å². The zero-order valence-corrected chi connectivity index (χ0v) is 16.1. The average Bonchev–Trinajstić information content (AvgIpc) is 2.68. The lowest BCUT2D eigenvalue weighted by Gasteiger charge is -2.31. The number of thioether (sulfide) groups is 1. The van der Waals surface area contributed by atoms with Crippen LogP contribution < -0.4 is 0 Å². The lowest BCUT2D eigenvalue weighted by Crippen LogP contribution is -2.45. The SMILES string of the molecule is CN(CC(=O)N1CCC(C(=O)O)CC1)C(=O)CSCc1ccc(C#N)cc1. The van der Waals surface area contributed by atoms with Gasteiger partial charge in [-0.3, -0.25) is 14.4 Å². The quantitative estimate of drug-likeness (QED) is 0.760. The van der Waals surface area contributed by atoms with E-state index in [0.717, 1.165) is 5.56 Å². The van der Waals surface area contributed by atoms with Crippen LogP contribution in [0.3, 0.4) is 0 Å². The van der Waals surface area contributed by atoms with Gasteiger partial charge in [0, 0.05) is 25.9 Å². The van der Waals surface area contributed by atoms with E-state index >= 15 is 0 Å². The highest BCUT2D eigenvalue weighted by atomic mass is 32.2. The summed E-state index contributed by atoms with van der Waals surface area (Å²) in [5, 5.41) is 17.8. The van der Waals surface area contributed by atoms with Crippen molar-refractivity contribution in [1.82, 2.24) is 9.80 Å². The van der Waals surface area contributed by atoms with Gasteiger partial charge in [0.15, 0.2) is 0 Å². The van der Waals surface area contributed by atoms with E-state index in [-0.39, 0.29) is 30.0 Å². The number of carbonyl (C=O) groups excluding carboxylic acids is 2. The number of benzene rings is 1. The van der Waals surface area contributed by atoms with Gasteiger partial charge in [-0.05, 0) is 30.5 Å². The van der Waals surface area contributed by atoms with E-state index in [0.29, 0.717) is 37.2 Å². The molecule has 1 aromatic carbocycles. The Kier molecular flexibility index (Phi) is 7.67. The summed E-state index contributed by atoms with van der Waals surface area (Å²) in [6.07, 6.45) is 0.915. The molecule has 1 saturated heterocycles. The zero-order chi connectivity index (χ0) is 19.8. The fourth-order valence-electron chi connectivity index (χ4n) is 2.81. The first kappa shape index (κ1) is 20.8. The van der Waals surface area contributed by atoms with Crippen molar-refractivity contribution < 1.29 is 19.5 Å². The Balaban J connectivity index is 1.71. The Hall–Kier alpha value is -2.53. The summed E-state index contributed by atoms with van der Waals surface area (Å²) >= 11 is 1.46. The number of hydrogen-bond donors (Lipinski definition) is 1. The minimum absolute atomic E-state index is 0.00793. The standard InChI is InChI=1S/C19H23N3O4S/c1-21(11-17(23)22-8-6-16(7-9-22)19(25)26)18(24)13-27-12-15-4-2-14(10-20)3-5-15/h2-5,16H,6-9,11-13H2,1H3,(H,25,26). The first-order chi connectivity index (χ1) is 12.9. The highest BCUT2D eigenvalue weighted by molar-refractivity contribution is 7.99. The number of carboxylic acid groups (broad SMARTS) is 1. The van der Waals surface area contributed by atoms with Gasteiger partial charge in [-0.15, -0.1) is 11.8 Å². The predicted molar refractivity (Wildman–Crippen MR) is 102 cm³/mol. The Morgan fingerprint density at radius 1 is 1.26 bits per heavy atom. The van der Waals surface area contributed by atoms with Gasteiger partial charge >= 0.3 is 5.97 Å². The monoisotopic (exact) mass is 389 g/mol. The number of likely N-dealkylation sites (N-methyl/N-ethyl adjacent to an activating group) is 1. The fraction of sp³-hybridized carbons (Fsp3) is 0.474. The van der Waals surface area contributed by atoms with Crippen LogP contribution in [0.15, 0.2) is 24.3 Å². The highest BCUT2D eigenvalue weighted by Gasteiger charge is 2.27. The maximum absolute atomic E-state index is 12.3. The van der Waals surface area contributed by atoms with Crippen molar-refractivity contribution in [3.05, 3.63) is 35.4 Å². The van der Waals surface area contributed by atoms with Crippen LogP contribution in [0.25, 0.3) is 0 Å². The summed E-state index contributed by atoms with van der Waals surface area (Å²) in [4.78, 5) is 38.5. The lowest BCUT2D eigenvalue weighted by molar-refractivity contribution is -0.146. The van der Waals surface area contributed by atoms with Crippen LogP contribution in [0.5, 0.6) is 0 Å². The third kappa shape index (κ3) is 6.29. The zero-order valence-electron chi connectivity index (χ0n) is 15.3. The molecule has 1 aromatic rings. The topological polar surface area (TPSA) is 102 Å². The number of rotatable bonds is 7. The Morgan fingerprint density at radius 2 is 1.89 bits per heavy atom. The fourth-order valence-corrected chi connectivity index (χ4v) is 3.73. The number of hydrogen-bond acceptors (Lipinski definition) is 5. The molecule has 0 spiro atoms. The normalized spacial score (nSPS) is 14.4. The van der Waals surface area contributed by atoms with Crippen LogP contribution in [0.2, 0.25) is 0 Å². The lowest BCUT2D eigenvalue weighted by atomic mass is 9.97. The maximum atomic E-state index is 12.3. The molecule has 0 atom stereocenters. The second-order valence-corrected chi connectivity index (χ2v) is 7.53. The molecule has 0 unspecified atom stereocenters. The van der Waals surface area contributed by atoms with Crippen molar-refractivity contribution in [2.75, 3.05) is 32.4 Å². The second kappa shape index (κ2) is 9.97. The van der Waals surface area contributed by atoms with Crippen molar-refractivity contribution in [1.29, 1.82) is 5.26 Å². The molecule has 2 rings (SSSR count). The number of carboxylic acids is 1. The third-order valence-corrected chi connectivity index (χ3v) is 5.56. The van der Waals surface area contributed by atoms with Crippen LogP contribution in [-0.2, 0) is 20.1 Å². The molecule has 0 bridgehead atoms. The molecule has 27 heavy (non-hydrogen) atoms. The molecule has 1 fully saturated rings. The van der Waals surface area contributed by atoms with Gasteiger partial charge < -0.3 is 14.9 Å². The summed E-state index contributed by atoms with van der Waals surface area (Å²) in [5.74, 6) is -0.540. The van der Waals surface area contributed by atoms with Crippen molar-refractivity contribution in [2.45, 2.75) is 18.6 Å². The minimum Gasteiger partial charge on any atom is -0.481 e. The molecular weight excluding hydrogens is 366 g/mol. The molecule has 7 nitrogen and oxygen atoms in total. The smallest absolute Gasteiger partial charge is 0.306 e. The van der Waals surface area contributed by atoms with Gasteiger partial charge in [-0.25, -0.2) is 0 Å². The number of nitrogens with zero attached hydrogens (tertiary/aromatic N) is 3. The minimum atomic E-state index is -0.811. The van der Waals surface area contributed by atoms with E-state index < -0.39 is 5.97 Å². The molecule has 1 heterocycles. The molecule has 8 heteroatoms. The number of carbonyl (C=O) groups is 3. The van der Waals surface area contributed by atoms with Crippen LogP contribution >= 0.6 is 11.8 Å². The maximum Gasteiger partial charge on any atom is 0.306 e. The van der Waals surface area contributed by atoms with E-state index in [1.807, 2.05) is 12.1 Å². The molecule has 1 N–H and O–H groups in total. The second-order valence-electron chi connectivity index (χ2n) is 6.54. The Bertz CT molecular complexity index is 721. The molecule has 0 aliphatic carbocycles. The van der Waals surface area contributed by atoms with Crippen molar-refractivity contribution in [2.24, 2.45) is 5.92 Å². The molecule has 0 saturated carbocycles. The van der Waals surface area contributed by atoms with Crippen LogP contribution in [-0.4, -0.2) is 65.1 Å². The molecule has 1 aliphatic rings. The van der Waals surface area contributed by atoms with Crippen molar-refractivity contribution in [3.8, 4) is 6.07 Å². The molecule has 144 valence electrons. The van der Waals surface area contributed by atoms with E-state index in [4.69, 9.17) is 10.4 Å². The molecule has 2 amide bonds. The van der Waals surface area contributed by atoms with Crippen molar-refractivity contribution >= 4 is 29.5 Å². The number of nitriles is 1. The van der Waals surface area contributed by atoms with E-state index in [1.165, 1.54) is 16.7 Å². The first-order valence-electron chi connectivity index (χ1n) is 8.72. The molecular formula is C19H23N3O4S. The van der Waals surface area contributed by atoms with Gasteiger partial charge in [-0.2, -0.15) is 5.26 Å². The largest absolute Gasteiger partial charge is 0.481 e. The van der Waals surface area contributed by atoms with Gasteiger partial charge in [-0.1, -0.05) is 12.1 Å². The van der Waals surface area contributed by atoms with Gasteiger partial charge in [0.05, 0.1) is 29.8 Å². The van der Waals surface area contributed by atoms with E-state index in [2.05, 4.69) is 6.07 Å². The van der Waals surface area contributed by atoms with Gasteiger partial charge in [0.1, 0.15) is 0 Å². The van der Waals surface area contributed by atoms with Crippen molar-refractivity contribution in [3.63, 3.8) is 0 Å². The average molecular weight is 389 g/mol. The summed E-state index contributed by atoms with van der Waals surface area (Å²) in [6, 6.07) is 9.29. The first-order valence-corrected chi connectivity index (χ1v) is 9.87. The summed E-state index contributed by atoms with van der Waals surface area (Å²) in [7, 11) is 1.60. The molecule has 0 aromatic heterocycles. The number of likely N-dealkylation sites (tertiary alicyclic amines) is 1. The Labute approximate surface area is 162 Å². The van der Waals surface area contributed by atoms with Crippen LogP contribution in [0.1, 0.15) is 24.0 Å². The number of piperidine rings is 1. The highest BCUT2D eigenvalue weighted by Crippen LogP contribution is 2.18. The summed E-state index contributed by atoms with van der Waals surface area (Å²) < 4.78 is 0.